The lowest BCUT2D eigenvalue weighted by atomic mass is 9.83. The molecule has 0 heterocycles. The van der Waals surface area contributed by atoms with E-state index in [1.165, 1.54) is 12.1 Å². The highest BCUT2D eigenvalue weighted by Gasteiger charge is 2.33. The van der Waals surface area contributed by atoms with Crippen LogP contribution in [-0.2, 0) is 20.7 Å². The van der Waals surface area contributed by atoms with Crippen molar-refractivity contribution in [2.24, 2.45) is 5.11 Å². The molecule has 0 saturated carbocycles. The third-order valence-corrected chi connectivity index (χ3v) is 5.47. The van der Waals surface area contributed by atoms with Crippen LogP contribution in [0.4, 0.5) is 4.39 Å². The molecule has 2 aromatic rings. The van der Waals surface area contributed by atoms with Crippen molar-refractivity contribution in [3.63, 3.8) is 0 Å². The van der Waals surface area contributed by atoms with Crippen molar-refractivity contribution in [2.45, 2.75) is 30.9 Å². The van der Waals surface area contributed by atoms with Crippen LogP contribution in [0, 0.1) is 5.82 Å². The van der Waals surface area contributed by atoms with Gasteiger partial charge in [0.2, 0.25) is 0 Å². The maximum atomic E-state index is 14.0. The van der Waals surface area contributed by atoms with Gasteiger partial charge in [0.15, 0.2) is 0 Å². The summed E-state index contributed by atoms with van der Waals surface area (Å²) >= 11 is 0. The second kappa shape index (κ2) is 8.28. The Morgan fingerprint density at radius 2 is 2.00 bits per heavy atom. The summed E-state index contributed by atoms with van der Waals surface area (Å²) in [4.78, 5) is 2.94. The molecule has 0 fully saturated rings. The van der Waals surface area contributed by atoms with Gasteiger partial charge in [0.25, 0.3) is 10.1 Å². The van der Waals surface area contributed by atoms with Gasteiger partial charge >= 0.3 is 0 Å². The molecule has 0 unspecified atom stereocenters. The summed E-state index contributed by atoms with van der Waals surface area (Å²) in [6.45, 7) is -0.523. The largest absolute Gasteiger partial charge is 0.394 e. The van der Waals surface area contributed by atoms with E-state index in [1.54, 1.807) is 6.07 Å². The zero-order chi connectivity index (χ0) is 20.3. The molecule has 3 rings (SSSR count). The maximum absolute atomic E-state index is 14.0. The number of hydrogen-bond donors (Lipinski definition) is 1. The van der Waals surface area contributed by atoms with Crippen LogP contribution >= 0.6 is 0 Å². The van der Waals surface area contributed by atoms with E-state index in [2.05, 4.69) is 10.0 Å². The Labute approximate surface area is 162 Å². The van der Waals surface area contributed by atoms with E-state index >= 15 is 0 Å². The lowest BCUT2D eigenvalue weighted by Crippen LogP contribution is -2.26. The molecule has 148 valence electrons. The molecule has 0 aliphatic heterocycles. The van der Waals surface area contributed by atoms with E-state index < -0.39 is 40.6 Å². The smallest absolute Gasteiger partial charge is 0.264 e. The van der Waals surface area contributed by atoms with Gasteiger partial charge in [-0.05, 0) is 58.7 Å². The molecular weight excluding hydrogens is 385 g/mol. The Morgan fingerprint density at radius 1 is 1.29 bits per heavy atom. The predicted octanol–water partition coefficient (Wildman–Crippen LogP) is 3.59. The summed E-state index contributed by atoms with van der Waals surface area (Å²) in [5, 5.41) is 13.6. The number of halogens is 1. The van der Waals surface area contributed by atoms with Crippen LogP contribution in [0.2, 0.25) is 0 Å². The van der Waals surface area contributed by atoms with Crippen molar-refractivity contribution in [1.29, 1.82) is 0 Å². The zero-order valence-corrected chi connectivity index (χ0v) is 16.0. The van der Waals surface area contributed by atoms with E-state index in [-0.39, 0.29) is 6.42 Å². The van der Waals surface area contributed by atoms with Crippen LogP contribution in [0.1, 0.15) is 40.6 Å². The van der Waals surface area contributed by atoms with Crippen molar-refractivity contribution in [2.75, 3.05) is 12.9 Å². The van der Waals surface area contributed by atoms with Gasteiger partial charge in [-0.15, -0.1) is 0 Å². The molecule has 0 amide bonds. The molecule has 1 aliphatic carbocycles. The number of benzene rings is 2. The highest BCUT2D eigenvalue weighted by molar-refractivity contribution is 7.86. The summed E-state index contributed by atoms with van der Waals surface area (Å²) in [7, 11) is -3.79. The number of hydrogen-bond acceptors (Lipinski definition) is 5. The maximum Gasteiger partial charge on any atom is 0.264 e. The summed E-state index contributed by atoms with van der Waals surface area (Å²) in [6, 6.07) is 11.1. The van der Waals surface area contributed by atoms with Gasteiger partial charge in [0.05, 0.1) is 18.9 Å². The highest BCUT2D eigenvalue weighted by Crippen LogP contribution is 2.44. The first-order chi connectivity index (χ1) is 13.3. The first-order valence-electron chi connectivity index (χ1n) is 8.72. The molecule has 0 aromatic heterocycles. The minimum Gasteiger partial charge on any atom is -0.394 e. The fourth-order valence-corrected chi connectivity index (χ4v) is 4.41. The van der Waals surface area contributed by atoms with Gasteiger partial charge < -0.3 is 5.11 Å². The second-order valence-electron chi connectivity index (χ2n) is 6.82. The summed E-state index contributed by atoms with van der Waals surface area (Å²) in [5.41, 5.74) is 12.3. The summed E-state index contributed by atoms with van der Waals surface area (Å²) in [6.07, 6.45) is 0.503. The van der Waals surface area contributed by atoms with Gasteiger partial charge in [0, 0.05) is 4.91 Å². The Morgan fingerprint density at radius 3 is 2.68 bits per heavy atom. The van der Waals surface area contributed by atoms with E-state index in [4.69, 9.17) is 9.71 Å². The fraction of sp³-hybridized carbons (Fsp3) is 0.368. The molecule has 0 saturated heterocycles. The Hall–Kier alpha value is -2.45. The molecule has 0 bridgehead atoms. The first kappa shape index (κ1) is 20.3. The van der Waals surface area contributed by atoms with Crippen LogP contribution < -0.4 is 0 Å². The van der Waals surface area contributed by atoms with E-state index in [0.717, 1.165) is 22.9 Å². The SMILES string of the molecule is CS(=O)(=O)O[C@@H](CO)C[C@@H]1c2ccccc2Cc2ccc(F)cc2[C@H]1N=[N+]=[N-]. The van der Waals surface area contributed by atoms with E-state index in [1.807, 2.05) is 24.3 Å². The molecule has 3 atom stereocenters. The van der Waals surface area contributed by atoms with Crippen molar-refractivity contribution in [3.05, 3.63) is 81.0 Å². The molecule has 0 radical (unpaired) electrons. The fourth-order valence-electron chi connectivity index (χ4n) is 3.78. The predicted molar refractivity (Wildman–Crippen MR) is 102 cm³/mol. The van der Waals surface area contributed by atoms with Gasteiger partial charge in [-0.25, -0.2) is 4.39 Å². The van der Waals surface area contributed by atoms with Crippen molar-refractivity contribution >= 4 is 10.1 Å². The topological polar surface area (TPSA) is 112 Å². The molecule has 28 heavy (non-hydrogen) atoms. The Kier molecular flexibility index (Phi) is 6.00. The normalized spacial score (nSPS) is 19.7. The summed E-state index contributed by atoms with van der Waals surface area (Å²) < 4.78 is 42.0. The summed E-state index contributed by atoms with van der Waals surface area (Å²) in [5.74, 6) is -0.943. The van der Waals surface area contributed by atoms with E-state index in [9.17, 15) is 17.9 Å². The van der Waals surface area contributed by atoms with Crippen LogP contribution in [0.15, 0.2) is 47.6 Å². The minimum atomic E-state index is -3.79. The number of fused-ring (bicyclic) bond motifs is 2. The second-order valence-corrected chi connectivity index (χ2v) is 8.42. The van der Waals surface area contributed by atoms with Gasteiger partial charge in [-0.2, -0.15) is 8.42 Å². The van der Waals surface area contributed by atoms with Gasteiger partial charge in [-0.3, -0.25) is 4.18 Å². The molecule has 9 heteroatoms. The van der Waals surface area contributed by atoms with Crippen LogP contribution in [0.5, 0.6) is 0 Å². The number of aliphatic hydroxyl groups is 1. The monoisotopic (exact) mass is 405 g/mol. The van der Waals surface area contributed by atoms with E-state index in [0.29, 0.717) is 12.0 Å². The van der Waals surface area contributed by atoms with Gasteiger partial charge in [-0.1, -0.05) is 35.4 Å². The van der Waals surface area contributed by atoms with Crippen molar-refractivity contribution in [3.8, 4) is 0 Å². The highest BCUT2D eigenvalue weighted by atomic mass is 32.2. The van der Waals surface area contributed by atoms with Crippen LogP contribution in [0.3, 0.4) is 0 Å². The number of aliphatic hydroxyl groups excluding tert-OH is 1. The number of azide groups is 1. The lowest BCUT2D eigenvalue weighted by Gasteiger charge is -2.27. The lowest BCUT2D eigenvalue weighted by molar-refractivity contribution is 0.106. The standard InChI is InChI=1S/C19H20FN3O4S/c1-28(25,26)27-15(11-24)10-18-16-5-3-2-4-12(16)8-13-6-7-14(20)9-17(13)19(18)22-23-21/h2-7,9,15,18-19,24H,8,10-11H2,1H3/t15-,18-,19-/m1/s1. The third-order valence-electron chi connectivity index (χ3n) is 4.85. The average molecular weight is 405 g/mol. The van der Waals surface area contributed by atoms with Crippen molar-refractivity contribution < 1.29 is 22.1 Å². The minimum absolute atomic E-state index is 0.0836. The number of nitrogens with zero attached hydrogens (tertiary/aromatic N) is 3. The average Bonchev–Trinajstić information content (AvgIpc) is 2.76. The first-order valence-corrected chi connectivity index (χ1v) is 10.5. The van der Waals surface area contributed by atoms with Crippen LogP contribution in [0.25, 0.3) is 10.4 Å². The molecule has 2 aromatic carbocycles. The molecular formula is C19H20FN3O4S. The van der Waals surface area contributed by atoms with Crippen LogP contribution in [-0.4, -0.2) is 32.5 Å². The molecule has 0 spiro atoms. The molecule has 1 aliphatic rings. The Balaban J connectivity index is 2.14. The quantitative estimate of drug-likeness (QED) is 0.342. The van der Waals surface area contributed by atoms with Gasteiger partial charge in [0.1, 0.15) is 11.9 Å². The molecule has 1 N–H and O–H groups in total. The number of rotatable bonds is 6. The Bertz CT molecular complexity index is 1020. The zero-order valence-electron chi connectivity index (χ0n) is 15.2. The van der Waals surface area contributed by atoms with Crippen molar-refractivity contribution in [1.82, 2.24) is 0 Å². The molecule has 7 nitrogen and oxygen atoms in total. The third kappa shape index (κ3) is 4.51.